The molecule has 1 aromatic carbocycles. The molecule has 0 aromatic heterocycles. The minimum atomic E-state index is -0.760. The number of nitrogens with one attached hydrogen (secondary N) is 1. The summed E-state index contributed by atoms with van der Waals surface area (Å²) in [5.41, 5.74) is 7.26. The lowest BCUT2D eigenvalue weighted by Crippen LogP contribution is -2.22. The van der Waals surface area contributed by atoms with E-state index in [9.17, 15) is 15.0 Å². The molecule has 1 aromatic rings. The Hall–Kier alpha value is -1.30. The van der Waals surface area contributed by atoms with E-state index in [-0.39, 0.29) is 30.6 Å². The SMILES string of the molecule is Cl.NCC(O)c1ccc(O)c2c1CCC(=O)N2. The Morgan fingerprint density at radius 1 is 1.41 bits per heavy atom. The Morgan fingerprint density at radius 2 is 2.12 bits per heavy atom. The average molecular weight is 259 g/mol. The van der Waals surface area contributed by atoms with E-state index in [2.05, 4.69) is 5.32 Å². The number of fused-ring (bicyclic) bond motifs is 1. The molecule has 1 aliphatic heterocycles. The van der Waals surface area contributed by atoms with Crippen LogP contribution in [0.1, 0.15) is 23.7 Å². The summed E-state index contributed by atoms with van der Waals surface area (Å²) in [4.78, 5) is 11.2. The largest absolute Gasteiger partial charge is 0.506 e. The fourth-order valence-corrected chi connectivity index (χ4v) is 1.94. The number of halogens is 1. The molecular formula is C11H15ClN2O3. The lowest BCUT2D eigenvalue weighted by atomic mass is 9.93. The first-order valence-electron chi connectivity index (χ1n) is 5.16. The Kier molecular flexibility index (Phi) is 4.34. The van der Waals surface area contributed by atoms with Crippen LogP contribution in [-0.2, 0) is 11.2 Å². The predicted octanol–water partition coefficient (Wildman–Crippen LogP) is 0.691. The van der Waals surface area contributed by atoms with Crippen molar-refractivity contribution >= 4 is 24.0 Å². The van der Waals surface area contributed by atoms with Crippen molar-refractivity contribution < 1.29 is 15.0 Å². The number of phenols is 1. The van der Waals surface area contributed by atoms with Gasteiger partial charge in [0.25, 0.3) is 0 Å². The number of aliphatic hydroxyl groups is 1. The third-order valence-electron chi connectivity index (χ3n) is 2.78. The van der Waals surface area contributed by atoms with E-state index in [1.54, 1.807) is 6.07 Å². The molecule has 94 valence electrons. The first-order chi connectivity index (χ1) is 7.63. The lowest BCUT2D eigenvalue weighted by molar-refractivity contribution is -0.116. The molecule has 1 aliphatic rings. The molecule has 17 heavy (non-hydrogen) atoms. The Labute approximate surface area is 105 Å². The van der Waals surface area contributed by atoms with Crippen LogP contribution in [-0.4, -0.2) is 22.7 Å². The highest BCUT2D eigenvalue weighted by molar-refractivity contribution is 5.96. The van der Waals surface area contributed by atoms with Crippen molar-refractivity contribution in [2.45, 2.75) is 18.9 Å². The van der Waals surface area contributed by atoms with Crippen LogP contribution < -0.4 is 11.1 Å². The van der Waals surface area contributed by atoms with E-state index in [1.165, 1.54) is 6.07 Å². The molecular weight excluding hydrogens is 244 g/mol. The van der Waals surface area contributed by atoms with Gasteiger partial charge < -0.3 is 21.3 Å². The molecule has 0 aliphatic carbocycles. The zero-order chi connectivity index (χ0) is 11.7. The first kappa shape index (κ1) is 13.8. The van der Waals surface area contributed by atoms with E-state index in [0.717, 1.165) is 5.56 Å². The van der Waals surface area contributed by atoms with Gasteiger partial charge in [-0.3, -0.25) is 4.79 Å². The van der Waals surface area contributed by atoms with Gasteiger partial charge in [-0.25, -0.2) is 0 Å². The summed E-state index contributed by atoms with van der Waals surface area (Å²) < 4.78 is 0. The molecule has 1 heterocycles. The number of hydrogen-bond acceptors (Lipinski definition) is 4. The molecule has 1 amide bonds. The van der Waals surface area contributed by atoms with Crippen molar-refractivity contribution in [2.75, 3.05) is 11.9 Å². The van der Waals surface area contributed by atoms with Crippen molar-refractivity contribution in [1.29, 1.82) is 0 Å². The van der Waals surface area contributed by atoms with Gasteiger partial charge >= 0.3 is 0 Å². The van der Waals surface area contributed by atoms with Crippen molar-refractivity contribution in [3.8, 4) is 5.75 Å². The summed E-state index contributed by atoms with van der Waals surface area (Å²) in [6, 6.07) is 3.10. The highest BCUT2D eigenvalue weighted by Gasteiger charge is 2.23. The third kappa shape index (κ3) is 2.52. The zero-order valence-electron chi connectivity index (χ0n) is 9.14. The van der Waals surface area contributed by atoms with Crippen LogP contribution in [0.5, 0.6) is 5.75 Å². The molecule has 0 spiro atoms. The summed E-state index contributed by atoms with van der Waals surface area (Å²) in [6.45, 7) is 0.116. The van der Waals surface area contributed by atoms with Gasteiger partial charge in [-0.2, -0.15) is 0 Å². The Bertz CT molecular complexity index is 437. The fourth-order valence-electron chi connectivity index (χ4n) is 1.94. The van der Waals surface area contributed by atoms with Crippen LogP contribution in [0.3, 0.4) is 0 Å². The van der Waals surface area contributed by atoms with Crippen LogP contribution >= 0.6 is 12.4 Å². The van der Waals surface area contributed by atoms with Gasteiger partial charge in [-0.15, -0.1) is 12.4 Å². The molecule has 0 radical (unpaired) electrons. The number of carbonyl (C=O) groups excluding carboxylic acids is 1. The van der Waals surface area contributed by atoms with Crippen molar-refractivity contribution in [3.63, 3.8) is 0 Å². The maximum absolute atomic E-state index is 11.2. The molecule has 2 rings (SSSR count). The van der Waals surface area contributed by atoms with Gasteiger partial charge in [0.05, 0.1) is 11.8 Å². The van der Waals surface area contributed by atoms with Gasteiger partial charge in [-0.05, 0) is 23.6 Å². The maximum atomic E-state index is 11.2. The second-order valence-electron chi connectivity index (χ2n) is 3.83. The normalized spacial score (nSPS) is 15.5. The number of rotatable bonds is 2. The van der Waals surface area contributed by atoms with Crippen LogP contribution in [0.15, 0.2) is 12.1 Å². The maximum Gasteiger partial charge on any atom is 0.224 e. The molecule has 0 fully saturated rings. The number of aliphatic hydroxyl groups excluding tert-OH is 1. The summed E-state index contributed by atoms with van der Waals surface area (Å²) in [6.07, 6.45) is 0.118. The number of amides is 1. The second kappa shape index (κ2) is 5.35. The number of phenolic OH excluding ortho intramolecular Hbond substituents is 1. The standard InChI is InChI=1S/C11H14N2O3.ClH/c12-5-9(15)6-1-3-8(14)11-7(6)2-4-10(16)13-11;/h1,3,9,14-15H,2,4-5,12H2,(H,13,16);1H. The summed E-state index contributed by atoms with van der Waals surface area (Å²) in [5.74, 6) is -0.0989. The van der Waals surface area contributed by atoms with Crippen molar-refractivity contribution in [1.82, 2.24) is 0 Å². The van der Waals surface area contributed by atoms with E-state index in [4.69, 9.17) is 5.73 Å². The van der Waals surface area contributed by atoms with Crippen LogP contribution in [0, 0.1) is 0 Å². The molecule has 0 saturated carbocycles. The smallest absolute Gasteiger partial charge is 0.224 e. The van der Waals surface area contributed by atoms with E-state index in [1.807, 2.05) is 0 Å². The topological polar surface area (TPSA) is 95.6 Å². The quantitative estimate of drug-likeness (QED) is 0.587. The van der Waals surface area contributed by atoms with Crippen molar-refractivity contribution in [2.24, 2.45) is 5.73 Å². The molecule has 5 N–H and O–H groups in total. The predicted molar refractivity (Wildman–Crippen MR) is 66.3 cm³/mol. The molecule has 1 atom stereocenters. The summed E-state index contributed by atoms with van der Waals surface area (Å²) in [7, 11) is 0. The highest BCUT2D eigenvalue weighted by Crippen LogP contribution is 2.36. The summed E-state index contributed by atoms with van der Waals surface area (Å²) in [5, 5.41) is 22.0. The molecule has 5 nitrogen and oxygen atoms in total. The van der Waals surface area contributed by atoms with Gasteiger partial charge in [0, 0.05) is 13.0 Å². The van der Waals surface area contributed by atoms with Crippen molar-refractivity contribution in [3.05, 3.63) is 23.3 Å². The number of anilines is 1. The number of carbonyl (C=O) groups is 1. The summed E-state index contributed by atoms with van der Waals surface area (Å²) >= 11 is 0. The van der Waals surface area contributed by atoms with Crippen LogP contribution in [0.25, 0.3) is 0 Å². The van der Waals surface area contributed by atoms with Gasteiger partial charge in [-0.1, -0.05) is 6.07 Å². The van der Waals surface area contributed by atoms with E-state index in [0.29, 0.717) is 24.1 Å². The number of hydrogen-bond donors (Lipinski definition) is 4. The Morgan fingerprint density at radius 3 is 2.76 bits per heavy atom. The van der Waals surface area contributed by atoms with Gasteiger partial charge in [0.1, 0.15) is 5.75 Å². The third-order valence-corrected chi connectivity index (χ3v) is 2.78. The van der Waals surface area contributed by atoms with Crippen LogP contribution in [0.2, 0.25) is 0 Å². The van der Waals surface area contributed by atoms with Gasteiger partial charge in [0.2, 0.25) is 5.91 Å². The lowest BCUT2D eigenvalue weighted by Gasteiger charge is -2.22. The Balaban J connectivity index is 0.00000144. The number of benzene rings is 1. The number of nitrogens with two attached hydrogens (primary N) is 1. The minimum absolute atomic E-state index is 0. The minimum Gasteiger partial charge on any atom is -0.506 e. The molecule has 0 saturated heterocycles. The first-order valence-corrected chi connectivity index (χ1v) is 5.16. The fraction of sp³-hybridized carbons (Fsp3) is 0.364. The van der Waals surface area contributed by atoms with E-state index < -0.39 is 6.10 Å². The molecule has 0 bridgehead atoms. The molecule has 1 unspecified atom stereocenters. The number of aromatic hydroxyl groups is 1. The average Bonchev–Trinajstić information content (AvgIpc) is 2.29. The van der Waals surface area contributed by atoms with Crippen LogP contribution in [0.4, 0.5) is 5.69 Å². The monoisotopic (exact) mass is 258 g/mol. The van der Waals surface area contributed by atoms with E-state index >= 15 is 0 Å². The van der Waals surface area contributed by atoms with Gasteiger partial charge in [0.15, 0.2) is 0 Å². The second-order valence-corrected chi connectivity index (χ2v) is 3.83. The zero-order valence-corrected chi connectivity index (χ0v) is 9.96. The highest BCUT2D eigenvalue weighted by atomic mass is 35.5. The molecule has 6 heteroatoms.